The van der Waals surface area contributed by atoms with Gasteiger partial charge in [0, 0.05) is 12.0 Å². The molecule has 0 spiro atoms. The molecule has 0 aromatic heterocycles. The van der Waals surface area contributed by atoms with E-state index in [2.05, 4.69) is 12.2 Å². The van der Waals surface area contributed by atoms with E-state index < -0.39 is 0 Å². The lowest BCUT2D eigenvalue weighted by Gasteiger charge is -2.26. The Morgan fingerprint density at radius 3 is 3.00 bits per heavy atom. The molecule has 11 heavy (non-hydrogen) atoms. The molecule has 0 aromatic rings. The first-order valence-corrected chi connectivity index (χ1v) is 4.05. The Morgan fingerprint density at radius 1 is 1.73 bits per heavy atom. The fraction of sp³-hybridized carbons (Fsp3) is 0.857. The minimum Gasteiger partial charge on any atom is -0.436 e. The topological polar surface area (TPSA) is 38.3 Å². The van der Waals surface area contributed by atoms with E-state index in [1.165, 1.54) is 0 Å². The molecule has 2 atom stereocenters. The predicted octanol–water partition coefficient (Wildman–Crippen LogP) is 0.267. The Bertz CT molecular complexity index is 124. The first-order chi connectivity index (χ1) is 5.36. The molecule has 4 heteroatoms. The van der Waals surface area contributed by atoms with Crippen molar-refractivity contribution in [3.8, 4) is 0 Å². The zero-order chi connectivity index (χ0) is 8.10. The second-order valence-electron chi connectivity index (χ2n) is 2.77. The van der Waals surface area contributed by atoms with E-state index in [0.717, 1.165) is 25.7 Å². The van der Waals surface area contributed by atoms with E-state index in [4.69, 9.17) is 4.65 Å². The van der Waals surface area contributed by atoms with E-state index in [-0.39, 0.29) is 5.94 Å². The Morgan fingerprint density at radius 2 is 2.55 bits per heavy atom. The normalized spacial score (nSPS) is 30.6. The standard InChI is InChI=1S/C7H13BNO2/c1-2-6-3-4-7(8-11-6)9-5-10/h5-7H,2-4H2,1H3,(H,9,10). The van der Waals surface area contributed by atoms with Gasteiger partial charge in [-0.1, -0.05) is 6.92 Å². The minimum absolute atomic E-state index is 0.121. The second-order valence-corrected chi connectivity index (χ2v) is 2.77. The Balaban J connectivity index is 2.18. The summed E-state index contributed by atoms with van der Waals surface area (Å²) < 4.78 is 5.35. The van der Waals surface area contributed by atoms with Crippen LogP contribution in [0.4, 0.5) is 0 Å². The molecule has 0 aromatic carbocycles. The number of nitrogens with one attached hydrogen (secondary N) is 1. The van der Waals surface area contributed by atoms with Crippen LogP contribution in [0, 0.1) is 0 Å². The van der Waals surface area contributed by atoms with Gasteiger partial charge in [0.05, 0.1) is 0 Å². The molecule has 3 nitrogen and oxygen atoms in total. The maximum atomic E-state index is 10.0. The van der Waals surface area contributed by atoms with Crippen LogP contribution in [0.1, 0.15) is 26.2 Å². The molecule has 1 fully saturated rings. The number of carbonyl (C=O) groups is 1. The van der Waals surface area contributed by atoms with Gasteiger partial charge in [-0.2, -0.15) is 0 Å². The fourth-order valence-corrected chi connectivity index (χ4v) is 1.22. The molecule has 0 aliphatic carbocycles. The molecule has 61 valence electrons. The van der Waals surface area contributed by atoms with Crippen molar-refractivity contribution in [3.05, 3.63) is 0 Å². The lowest BCUT2D eigenvalue weighted by Crippen LogP contribution is -2.41. The summed E-state index contributed by atoms with van der Waals surface area (Å²) in [6.45, 7) is 2.10. The Labute approximate surface area is 67.8 Å². The highest BCUT2D eigenvalue weighted by molar-refractivity contribution is 6.30. The van der Waals surface area contributed by atoms with Crippen LogP contribution < -0.4 is 5.32 Å². The zero-order valence-corrected chi connectivity index (χ0v) is 6.75. The third-order valence-corrected chi connectivity index (χ3v) is 1.97. The first-order valence-electron chi connectivity index (χ1n) is 4.05. The molecule has 1 aliphatic heterocycles. The summed E-state index contributed by atoms with van der Waals surface area (Å²) in [6, 6.07) is 0. The molecule has 1 aliphatic rings. The summed E-state index contributed by atoms with van der Waals surface area (Å²) in [5.41, 5.74) is 0. The largest absolute Gasteiger partial charge is 0.436 e. The third kappa shape index (κ3) is 2.54. The van der Waals surface area contributed by atoms with E-state index >= 15 is 0 Å². The van der Waals surface area contributed by atoms with Gasteiger partial charge in [0.2, 0.25) is 6.41 Å². The van der Waals surface area contributed by atoms with Crippen LogP contribution in [0.3, 0.4) is 0 Å². The fourth-order valence-electron chi connectivity index (χ4n) is 1.22. The molecule has 1 saturated heterocycles. The molecule has 2 unspecified atom stereocenters. The van der Waals surface area contributed by atoms with Crippen molar-refractivity contribution in [1.29, 1.82) is 0 Å². The smallest absolute Gasteiger partial charge is 0.317 e. The van der Waals surface area contributed by atoms with Crippen molar-refractivity contribution in [1.82, 2.24) is 5.32 Å². The van der Waals surface area contributed by atoms with Crippen LogP contribution in [0.2, 0.25) is 0 Å². The van der Waals surface area contributed by atoms with Crippen molar-refractivity contribution >= 4 is 13.9 Å². The molecule has 1 radical (unpaired) electrons. The van der Waals surface area contributed by atoms with Crippen molar-refractivity contribution < 1.29 is 9.45 Å². The van der Waals surface area contributed by atoms with Gasteiger partial charge < -0.3 is 9.97 Å². The molecular formula is C7H13BNO2. The zero-order valence-electron chi connectivity index (χ0n) is 6.75. The molecule has 1 heterocycles. The Hall–Kier alpha value is -0.505. The van der Waals surface area contributed by atoms with Crippen molar-refractivity contribution in [2.75, 3.05) is 0 Å². The number of rotatable bonds is 3. The van der Waals surface area contributed by atoms with Gasteiger partial charge in [-0.25, -0.2) is 0 Å². The van der Waals surface area contributed by atoms with Crippen LogP contribution in [0.25, 0.3) is 0 Å². The number of hydrogen-bond acceptors (Lipinski definition) is 2. The van der Waals surface area contributed by atoms with Crippen LogP contribution in [0.5, 0.6) is 0 Å². The lowest BCUT2D eigenvalue weighted by atomic mass is 9.79. The average Bonchev–Trinajstić information content (AvgIpc) is 2.07. The summed E-state index contributed by atoms with van der Waals surface area (Å²) in [7, 11) is 1.73. The number of hydrogen-bond donors (Lipinski definition) is 1. The molecular weight excluding hydrogens is 141 g/mol. The number of amides is 1. The Kier molecular flexibility index (Phi) is 3.43. The molecule has 1 amide bonds. The summed E-state index contributed by atoms with van der Waals surface area (Å²) in [4.78, 5) is 10.0. The first kappa shape index (κ1) is 8.59. The lowest BCUT2D eigenvalue weighted by molar-refractivity contribution is -0.110. The van der Waals surface area contributed by atoms with E-state index in [1.54, 1.807) is 7.48 Å². The van der Waals surface area contributed by atoms with Gasteiger partial charge in [-0.05, 0) is 19.3 Å². The van der Waals surface area contributed by atoms with Crippen molar-refractivity contribution in [2.24, 2.45) is 0 Å². The molecule has 0 bridgehead atoms. The van der Waals surface area contributed by atoms with Gasteiger partial charge in [0.15, 0.2) is 0 Å². The van der Waals surface area contributed by atoms with Gasteiger partial charge >= 0.3 is 7.48 Å². The van der Waals surface area contributed by atoms with Crippen LogP contribution in [-0.2, 0) is 9.45 Å². The molecule has 0 saturated carbocycles. The summed E-state index contributed by atoms with van der Waals surface area (Å²) in [6.07, 6.45) is 4.16. The van der Waals surface area contributed by atoms with E-state index in [9.17, 15) is 4.79 Å². The summed E-state index contributed by atoms with van der Waals surface area (Å²) in [5, 5.41) is 2.67. The monoisotopic (exact) mass is 154 g/mol. The maximum absolute atomic E-state index is 10.0. The third-order valence-electron chi connectivity index (χ3n) is 1.97. The van der Waals surface area contributed by atoms with E-state index in [1.807, 2.05) is 0 Å². The summed E-state index contributed by atoms with van der Waals surface area (Å²) in [5.74, 6) is 0.121. The maximum Gasteiger partial charge on any atom is 0.317 e. The second kappa shape index (κ2) is 4.39. The number of carbonyl (C=O) groups excluding carboxylic acids is 1. The SMILES string of the molecule is CCC1CCC(NC=O)[B]O1. The van der Waals surface area contributed by atoms with Crippen LogP contribution in [-0.4, -0.2) is 25.9 Å². The predicted molar refractivity (Wildman–Crippen MR) is 43.1 cm³/mol. The van der Waals surface area contributed by atoms with Crippen LogP contribution in [0.15, 0.2) is 0 Å². The van der Waals surface area contributed by atoms with Crippen molar-refractivity contribution in [3.63, 3.8) is 0 Å². The molecule has 1 rings (SSSR count). The van der Waals surface area contributed by atoms with Gasteiger partial charge in [-0.15, -0.1) is 0 Å². The minimum atomic E-state index is 0.121. The van der Waals surface area contributed by atoms with Gasteiger partial charge in [-0.3, -0.25) is 4.79 Å². The van der Waals surface area contributed by atoms with Gasteiger partial charge in [0.25, 0.3) is 0 Å². The highest BCUT2D eigenvalue weighted by atomic mass is 16.4. The van der Waals surface area contributed by atoms with E-state index in [0.29, 0.717) is 6.10 Å². The molecule has 1 N–H and O–H groups in total. The van der Waals surface area contributed by atoms with Crippen molar-refractivity contribution in [2.45, 2.75) is 38.2 Å². The average molecular weight is 154 g/mol. The summed E-state index contributed by atoms with van der Waals surface area (Å²) >= 11 is 0. The quantitative estimate of drug-likeness (QED) is 0.467. The highest BCUT2D eigenvalue weighted by Gasteiger charge is 2.21. The van der Waals surface area contributed by atoms with Crippen LogP contribution >= 0.6 is 0 Å². The van der Waals surface area contributed by atoms with Gasteiger partial charge in [0.1, 0.15) is 0 Å². The highest BCUT2D eigenvalue weighted by Crippen LogP contribution is 2.13.